The number of sulfonamides is 1. The Labute approximate surface area is 197 Å². The number of fused-ring (bicyclic) bond motifs is 1. The van der Waals surface area contributed by atoms with Crippen molar-refractivity contribution < 1.29 is 13.2 Å². The smallest absolute Gasteiger partial charge is 0.279 e. The van der Waals surface area contributed by atoms with Crippen LogP contribution in [0, 0.1) is 11.8 Å². The normalized spacial score (nSPS) is 20.7. The van der Waals surface area contributed by atoms with Gasteiger partial charge in [-0.2, -0.15) is 9.30 Å². The van der Waals surface area contributed by atoms with E-state index < -0.39 is 15.9 Å². The van der Waals surface area contributed by atoms with E-state index in [1.54, 1.807) is 4.31 Å². The first kappa shape index (κ1) is 23.2. The number of carbonyl (C=O) groups is 1. The summed E-state index contributed by atoms with van der Waals surface area (Å²) in [6, 6.07) is 11.7. The Balaban J connectivity index is 1.63. The maximum atomic E-state index is 13.1. The Kier molecular flexibility index (Phi) is 6.58. The molecule has 1 saturated heterocycles. The maximum Gasteiger partial charge on any atom is 0.279 e. The number of piperidine rings is 1. The SMILES string of the molecule is CCn1c(=NC(=O)c2ccc(S(=O)(=O)N3CC(C)CC(C)C3)cc2)sc2cccc(Cl)c21. The maximum absolute atomic E-state index is 13.1. The third-order valence-corrected chi connectivity index (χ3v) is 8.93. The summed E-state index contributed by atoms with van der Waals surface area (Å²) < 4.78 is 30.6. The molecule has 1 aromatic heterocycles. The second kappa shape index (κ2) is 9.09. The van der Waals surface area contributed by atoms with Crippen LogP contribution in [0.1, 0.15) is 37.6 Å². The monoisotopic (exact) mass is 491 g/mol. The minimum Gasteiger partial charge on any atom is -0.315 e. The number of hydrogen-bond donors (Lipinski definition) is 0. The molecule has 0 saturated carbocycles. The van der Waals surface area contributed by atoms with Crippen molar-refractivity contribution >= 4 is 49.1 Å². The number of thiazole rings is 1. The van der Waals surface area contributed by atoms with Crippen molar-refractivity contribution in [2.45, 2.75) is 38.6 Å². The fraction of sp³-hybridized carbons (Fsp3) is 0.391. The van der Waals surface area contributed by atoms with E-state index in [9.17, 15) is 13.2 Å². The van der Waals surface area contributed by atoms with Gasteiger partial charge in [0.25, 0.3) is 5.91 Å². The molecule has 170 valence electrons. The number of aromatic nitrogens is 1. The van der Waals surface area contributed by atoms with Gasteiger partial charge in [-0.3, -0.25) is 4.79 Å². The van der Waals surface area contributed by atoms with Gasteiger partial charge in [0.1, 0.15) is 0 Å². The molecule has 3 aromatic rings. The molecule has 2 aromatic carbocycles. The number of rotatable bonds is 4. The number of nitrogens with zero attached hydrogens (tertiary/aromatic N) is 3. The number of halogens is 1. The summed E-state index contributed by atoms with van der Waals surface area (Å²) in [5.41, 5.74) is 1.20. The van der Waals surface area contributed by atoms with Gasteiger partial charge in [-0.05, 0) is 61.6 Å². The van der Waals surface area contributed by atoms with Crippen molar-refractivity contribution in [1.82, 2.24) is 8.87 Å². The van der Waals surface area contributed by atoms with E-state index >= 15 is 0 Å². The van der Waals surface area contributed by atoms with Gasteiger partial charge >= 0.3 is 0 Å². The first-order valence-corrected chi connectivity index (χ1v) is 13.3. The zero-order chi connectivity index (χ0) is 23.0. The van der Waals surface area contributed by atoms with Crippen molar-refractivity contribution in [1.29, 1.82) is 0 Å². The molecule has 4 rings (SSSR count). The fourth-order valence-corrected chi connectivity index (χ4v) is 7.47. The molecule has 0 bridgehead atoms. The number of amides is 1. The highest BCUT2D eigenvalue weighted by molar-refractivity contribution is 7.89. The zero-order valence-corrected chi connectivity index (χ0v) is 20.7. The lowest BCUT2D eigenvalue weighted by atomic mass is 9.94. The van der Waals surface area contributed by atoms with Crippen molar-refractivity contribution in [2.24, 2.45) is 16.8 Å². The minimum atomic E-state index is -3.59. The Morgan fingerprint density at radius 2 is 1.78 bits per heavy atom. The molecule has 0 aliphatic carbocycles. The molecule has 1 aliphatic rings. The van der Waals surface area contributed by atoms with Crippen LogP contribution in [0.25, 0.3) is 10.2 Å². The third kappa shape index (κ3) is 4.41. The highest BCUT2D eigenvalue weighted by Gasteiger charge is 2.31. The van der Waals surface area contributed by atoms with E-state index in [-0.39, 0.29) is 4.90 Å². The van der Waals surface area contributed by atoms with E-state index in [4.69, 9.17) is 11.6 Å². The van der Waals surface area contributed by atoms with Gasteiger partial charge in [-0.15, -0.1) is 0 Å². The number of carbonyl (C=O) groups excluding carboxylic acids is 1. The Bertz CT molecular complexity index is 1320. The molecule has 0 spiro atoms. The molecule has 2 unspecified atom stereocenters. The van der Waals surface area contributed by atoms with Crippen molar-refractivity contribution in [3.8, 4) is 0 Å². The van der Waals surface area contributed by atoms with Gasteiger partial charge in [-0.25, -0.2) is 8.42 Å². The van der Waals surface area contributed by atoms with Crippen LogP contribution in [0.4, 0.5) is 0 Å². The molecule has 1 fully saturated rings. The summed E-state index contributed by atoms with van der Waals surface area (Å²) in [5, 5.41) is 0.616. The molecule has 1 aliphatic heterocycles. The lowest BCUT2D eigenvalue weighted by Gasteiger charge is -2.34. The summed E-state index contributed by atoms with van der Waals surface area (Å²) in [7, 11) is -3.59. The first-order chi connectivity index (χ1) is 15.2. The fourth-order valence-electron chi connectivity index (χ4n) is 4.34. The molecular weight excluding hydrogens is 466 g/mol. The second-order valence-corrected chi connectivity index (χ2v) is 11.8. The quantitative estimate of drug-likeness (QED) is 0.527. The lowest BCUT2D eigenvalue weighted by Crippen LogP contribution is -2.42. The number of hydrogen-bond acceptors (Lipinski definition) is 4. The van der Waals surface area contributed by atoms with Crippen LogP contribution >= 0.6 is 22.9 Å². The average Bonchev–Trinajstić information content (AvgIpc) is 3.11. The van der Waals surface area contributed by atoms with E-state index in [1.165, 1.54) is 35.6 Å². The largest absolute Gasteiger partial charge is 0.315 e. The Hall–Kier alpha value is -2.00. The summed E-state index contributed by atoms with van der Waals surface area (Å²) in [6.45, 7) is 7.79. The number of para-hydroxylation sites is 1. The van der Waals surface area contributed by atoms with Gasteiger partial charge in [0.05, 0.1) is 20.1 Å². The van der Waals surface area contributed by atoms with Crippen LogP contribution in [-0.4, -0.2) is 36.3 Å². The van der Waals surface area contributed by atoms with Crippen LogP contribution in [0.2, 0.25) is 5.02 Å². The van der Waals surface area contributed by atoms with E-state index in [0.29, 0.717) is 46.9 Å². The van der Waals surface area contributed by atoms with Crippen LogP contribution in [0.3, 0.4) is 0 Å². The zero-order valence-electron chi connectivity index (χ0n) is 18.3. The highest BCUT2D eigenvalue weighted by Crippen LogP contribution is 2.27. The summed E-state index contributed by atoms with van der Waals surface area (Å²) >= 11 is 7.75. The van der Waals surface area contributed by atoms with Crippen molar-refractivity contribution in [3.05, 3.63) is 57.9 Å². The summed E-state index contributed by atoms with van der Waals surface area (Å²) in [4.78, 5) is 17.9. The first-order valence-electron chi connectivity index (χ1n) is 10.7. The van der Waals surface area contributed by atoms with Gasteiger partial charge in [0.2, 0.25) is 10.0 Å². The molecule has 0 N–H and O–H groups in total. The van der Waals surface area contributed by atoms with Crippen molar-refractivity contribution in [3.63, 3.8) is 0 Å². The van der Waals surface area contributed by atoms with Crippen molar-refractivity contribution in [2.75, 3.05) is 13.1 Å². The van der Waals surface area contributed by atoms with Crippen LogP contribution in [-0.2, 0) is 16.6 Å². The highest BCUT2D eigenvalue weighted by atomic mass is 35.5. The number of benzene rings is 2. The molecule has 6 nitrogen and oxygen atoms in total. The van der Waals surface area contributed by atoms with Gasteiger partial charge in [0.15, 0.2) is 4.80 Å². The Morgan fingerprint density at radius 1 is 1.12 bits per heavy atom. The minimum absolute atomic E-state index is 0.201. The molecule has 2 heterocycles. The topological polar surface area (TPSA) is 71.7 Å². The Morgan fingerprint density at radius 3 is 2.41 bits per heavy atom. The molecule has 0 radical (unpaired) electrons. The van der Waals surface area contributed by atoms with E-state index in [0.717, 1.165) is 16.6 Å². The molecular formula is C23H26ClN3O3S2. The molecule has 2 atom stereocenters. The summed E-state index contributed by atoms with van der Waals surface area (Å²) in [6.07, 6.45) is 1.03. The van der Waals surface area contributed by atoms with Gasteiger partial charge < -0.3 is 4.57 Å². The van der Waals surface area contributed by atoms with Gasteiger partial charge in [0, 0.05) is 25.2 Å². The standard InChI is InChI=1S/C23H26ClN3O3S2/c1-4-27-21-19(24)6-5-7-20(21)31-23(27)25-22(28)17-8-10-18(11-9-17)32(29,30)26-13-15(2)12-16(3)14-26/h5-11,15-16H,4,12-14H2,1-3H3. The second-order valence-electron chi connectivity index (χ2n) is 8.42. The average molecular weight is 492 g/mol. The van der Waals surface area contributed by atoms with Gasteiger partial charge in [-0.1, -0.05) is 42.9 Å². The predicted molar refractivity (Wildman–Crippen MR) is 129 cm³/mol. The van der Waals surface area contributed by atoms with E-state index in [1.807, 2.05) is 29.7 Å². The van der Waals surface area contributed by atoms with E-state index in [2.05, 4.69) is 18.8 Å². The van der Waals surface area contributed by atoms with Crippen LogP contribution in [0.15, 0.2) is 52.4 Å². The molecule has 9 heteroatoms. The van der Waals surface area contributed by atoms with Crippen LogP contribution in [0.5, 0.6) is 0 Å². The lowest BCUT2D eigenvalue weighted by molar-refractivity contribution is 0.0997. The molecule has 32 heavy (non-hydrogen) atoms. The van der Waals surface area contributed by atoms with Crippen LogP contribution < -0.4 is 4.80 Å². The molecule has 1 amide bonds. The number of aryl methyl sites for hydroxylation is 1. The predicted octanol–water partition coefficient (Wildman–Crippen LogP) is 4.78. The summed E-state index contributed by atoms with van der Waals surface area (Å²) in [5.74, 6) is 0.237. The third-order valence-electron chi connectivity index (χ3n) is 5.74.